The lowest BCUT2D eigenvalue weighted by atomic mass is 10.2. The summed E-state index contributed by atoms with van der Waals surface area (Å²) in [5.41, 5.74) is 1.37. The van der Waals surface area contributed by atoms with Gasteiger partial charge in [0.1, 0.15) is 12.3 Å². The van der Waals surface area contributed by atoms with Gasteiger partial charge in [0.05, 0.1) is 11.4 Å². The van der Waals surface area contributed by atoms with Crippen molar-refractivity contribution in [1.82, 2.24) is 0 Å². The summed E-state index contributed by atoms with van der Waals surface area (Å²) < 4.78 is 0. The van der Waals surface area contributed by atoms with E-state index in [0.717, 1.165) is 15.5 Å². The Bertz CT molecular complexity index is 657. The van der Waals surface area contributed by atoms with Crippen molar-refractivity contribution in [2.45, 2.75) is 9.79 Å². The maximum Gasteiger partial charge on any atom is 0.323 e. The van der Waals surface area contributed by atoms with Crippen LogP contribution in [-0.4, -0.2) is 22.7 Å². The number of aromatic hydroxyl groups is 1. The molecular formula is C14H11NO3S. The molecule has 5 heteroatoms. The molecule has 3 rings (SSSR count). The Morgan fingerprint density at radius 2 is 1.84 bits per heavy atom. The first-order valence-corrected chi connectivity index (χ1v) is 6.56. The van der Waals surface area contributed by atoms with Crippen LogP contribution in [0, 0.1) is 0 Å². The zero-order valence-corrected chi connectivity index (χ0v) is 10.7. The highest BCUT2D eigenvalue weighted by Crippen LogP contribution is 2.51. The third-order valence-corrected chi connectivity index (χ3v) is 4.03. The number of phenolic OH excluding ortho intramolecular Hbond substituents is 1. The third kappa shape index (κ3) is 2.02. The third-order valence-electron chi connectivity index (χ3n) is 2.92. The zero-order valence-electron chi connectivity index (χ0n) is 9.91. The van der Waals surface area contributed by atoms with Crippen LogP contribution >= 0.6 is 11.8 Å². The topological polar surface area (TPSA) is 60.8 Å². The first-order valence-electron chi connectivity index (χ1n) is 5.75. The molecule has 2 aromatic rings. The van der Waals surface area contributed by atoms with Gasteiger partial charge in [0.25, 0.3) is 0 Å². The first-order chi connectivity index (χ1) is 9.16. The van der Waals surface area contributed by atoms with Crippen LogP contribution in [-0.2, 0) is 4.79 Å². The van der Waals surface area contributed by atoms with E-state index in [2.05, 4.69) is 0 Å². The summed E-state index contributed by atoms with van der Waals surface area (Å²) in [4.78, 5) is 14.6. The van der Waals surface area contributed by atoms with Crippen molar-refractivity contribution >= 4 is 29.1 Å². The van der Waals surface area contributed by atoms with Gasteiger partial charge < -0.3 is 15.1 Å². The first kappa shape index (κ1) is 11.9. The van der Waals surface area contributed by atoms with Crippen molar-refractivity contribution in [3.05, 3.63) is 42.5 Å². The maximum absolute atomic E-state index is 11.1. The number of hydrogen-bond donors (Lipinski definition) is 2. The number of carbonyl (C=O) groups is 1. The number of carboxylic acids is 1. The van der Waals surface area contributed by atoms with E-state index in [1.807, 2.05) is 30.3 Å². The molecule has 1 aliphatic rings. The predicted octanol–water partition coefficient (Wildman–Crippen LogP) is 3.08. The SMILES string of the molecule is O=C(O)CN1c2ccccc2Sc2cccc(O)c21. The minimum absolute atomic E-state index is 0.0979. The second-order valence-electron chi connectivity index (χ2n) is 4.17. The van der Waals surface area contributed by atoms with Crippen molar-refractivity contribution < 1.29 is 15.0 Å². The van der Waals surface area contributed by atoms with Crippen LogP contribution < -0.4 is 4.90 Å². The molecular weight excluding hydrogens is 262 g/mol. The van der Waals surface area contributed by atoms with Gasteiger partial charge in [0, 0.05) is 9.79 Å². The number of hydrogen-bond acceptors (Lipinski definition) is 4. The summed E-state index contributed by atoms with van der Waals surface area (Å²) in [5.74, 6) is -0.836. The molecule has 0 aliphatic carbocycles. The number of nitrogens with zero attached hydrogens (tertiary/aromatic N) is 1. The minimum atomic E-state index is -0.934. The predicted molar refractivity (Wildman–Crippen MR) is 73.3 cm³/mol. The Morgan fingerprint density at radius 1 is 1.11 bits per heavy atom. The molecule has 0 aromatic heterocycles. The lowest BCUT2D eigenvalue weighted by Gasteiger charge is -2.31. The fourth-order valence-electron chi connectivity index (χ4n) is 2.17. The van der Waals surface area contributed by atoms with Crippen LogP contribution in [0.3, 0.4) is 0 Å². The molecule has 96 valence electrons. The normalized spacial score (nSPS) is 12.7. The molecule has 1 heterocycles. The van der Waals surface area contributed by atoms with E-state index in [9.17, 15) is 9.90 Å². The summed E-state index contributed by atoms with van der Waals surface area (Å²) >= 11 is 1.53. The largest absolute Gasteiger partial charge is 0.506 e. The van der Waals surface area contributed by atoms with Crippen LogP contribution in [0.4, 0.5) is 11.4 Å². The van der Waals surface area contributed by atoms with Gasteiger partial charge in [-0.15, -0.1) is 0 Å². The molecule has 0 fully saturated rings. The van der Waals surface area contributed by atoms with Gasteiger partial charge in [-0.1, -0.05) is 30.0 Å². The van der Waals surface area contributed by atoms with Gasteiger partial charge in [-0.3, -0.25) is 4.79 Å². The number of anilines is 2. The van der Waals surface area contributed by atoms with Gasteiger partial charge in [-0.25, -0.2) is 0 Å². The van der Waals surface area contributed by atoms with Crippen LogP contribution in [0.1, 0.15) is 0 Å². The highest BCUT2D eigenvalue weighted by molar-refractivity contribution is 7.99. The Balaban J connectivity index is 2.19. The fraction of sp³-hybridized carbons (Fsp3) is 0.0714. The van der Waals surface area contributed by atoms with Gasteiger partial charge in [-0.2, -0.15) is 0 Å². The molecule has 1 aliphatic heterocycles. The van der Waals surface area contributed by atoms with Gasteiger partial charge in [0.15, 0.2) is 0 Å². The van der Waals surface area contributed by atoms with Crippen molar-refractivity contribution in [2.75, 3.05) is 11.4 Å². The van der Waals surface area contributed by atoms with Crippen molar-refractivity contribution in [3.8, 4) is 5.75 Å². The highest BCUT2D eigenvalue weighted by Gasteiger charge is 2.27. The van der Waals surface area contributed by atoms with E-state index in [0.29, 0.717) is 5.69 Å². The monoisotopic (exact) mass is 273 g/mol. The van der Waals surface area contributed by atoms with Crippen molar-refractivity contribution in [2.24, 2.45) is 0 Å². The standard InChI is InChI=1S/C14H11NO3S/c16-10-5-3-7-12-14(10)15(8-13(17)18)9-4-1-2-6-11(9)19-12/h1-7,16H,8H2,(H,17,18). The number of fused-ring (bicyclic) bond motifs is 2. The number of para-hydroxylation sites is 2. The quantitative estimate of drug-likeness (QED) is 0.880. The average molecular weight is 273 g/mol. The summed E-state index contributed by atoms with van der Waals surface area (Å²) in [6.07, 6.45) is 0. The van der Waals surface area contributed by atoms with Crippen LogP contribution in [0.25, 0.3) is 0 Å². The van der Waals surface area contributed by atoms with E-state index in [1.165, 1.54) is 11.8 Å². The zero-order chi connectivity index (χ0) is 13.4. The molecule has 0 radical (unpaired) electrons. The molecule has 19 heavy (non-hydrogen) atoms. The van der Waals surface area contributed by atoms with E-state index in [4.69, 9.17) is 5.11 Å². The molecule has 2 N–H and O–H groups in total. The number of phenols is 1. The molecule has 0 bridgehead atoms. The second-order valence-corrected chi connectivity index (χ2v) is 5.26. The summed E-state index contributed by atoms with van der Waals surface area (Å²) in [5, 5.41) is 19.1. The second kappa shape index (κ2) is 4.51. The molecule has 0 unspecified atom stereocenters. The Kier molecular flexibility index (Phi) is 2.83. The fourth-order valence-corrected chi connectivity index (χ4v) is 3.29. The highest BCUT2D eigenvalue weighted by atomic mass is 32.2. The Morgan fingerprint density at radius 3 is 2.63 bits per heavy atom. The van der Waals surface area contributed by atoms with E-state index >= 15 is 0 Å². The van der Waals surface area contributed by atoms with Crippen molar-refractivity contribution in [3.63, 3.8) is 0 Å². The maximum atomic E-state index is 11.1. The Hall–Kier alpha value is -2.14. The summed E-state index contributed by atoms with van der Waals surface area (Å²) in [7, 11) is 0. The molecule has 0 atom stereocenters. The lowest BCUT2D eigenvalue weighted by molar-refractivity contribution is -0.135. The van der Waals surface area contributed by atoms with Crippen LogP contribution in [0.5, 0.6) is 5.75 Å². The van der Waals surface area contributed by atoms with Gasteiger partial charge >= 0.3 is 5.97 Å². The van der Waals surface area contributed by atoms with Crippen molar-refractivity contribution in [1.29, 1.82) is 0 Å². The minimum Gasteiger partial charge on any atom is -0.506 e. The number of benzene rings is 2. The van der Waals surface area contributed by atoms with Crippen LogP contribution in [0.15, 0.2) is 52.3 Å². The molecule has 0 amide bonds. The van der Waals surface area contributed by atoms with E-state index < -0.39 is 5.97 Å². The number of aliphatic carboxylic acids is 1. The molecule has 0 saturated heterocycles. The Labute approximate surface area is 114 Å². The molecule has 0 spiro atoms. The lowest BCUT2D eigenvalue weighted by Crippen LogP contribution is -2.27. The summed E-state index contributed by atoms with van der Waals surface area (Å²) in [6, 6.07) is 12.8. The average Bonchev–Trinajstić information content (AvgIpc) is 2.38. The number of rotatable bonds is 2. The van der Waals surface area contributed by atoms with E-state index in [1.54, 1.807) is 17.0 Å². The molecule has 0 saturated carbocycles. The van der Waals surface area contributed by atoms with E-state index in [-0.39, 0.29) is 12.3 Å². The number of carboxylic acid groups (broad SMARTS) is 1. The molecule has 4 nitrogen and oxygen atoms in total. The molecule has 2 aromatic carbocycles. The smallest absolute Gasteiger partial charge is 0.323 e. The van der Waals surface area contributed by atoms with Gasteiger partial charge in [-0.05, 0) is 24.3 Å². The summed E-state index contributed by atoms with van der Waals surface area (Å²) in [6.45, 7) is -0.178. The van der Waals surface area contributed by atoms with Gasteiger partial charge in [0.2, 0.25) is 0 Å². The van der Waals surface area contributed by atoms with Crippen LogP contribution in [0.2, 0.25) is 0 Å².